The molecule has 0 aliphatic rings. The SMILES string of the molecule is COC(=O)C[C@@H](C)N(Cc1cccc(F)c1)C(=O)CNC(=O)OC(C)(C)C. The third-order valence-corrected chi connectivity index (χ3v) is 3.57. The van der Waals surface area contributed by atoms with Crippen molar-refractivity contribution in [3.63, 3.8) is 0 Å². The molecule has 0 unspecified atom stereocenters. The molecule has 1 aromatic carbocycles. The Morgan fingerprint density at radius 3 is 2.48 bits per heavy atom. The van der Waals surface area contributed by atoms with Crippen molar-refractivity contribution in [1.82, 2.24) is 10.2 Å². The van der Waals surface area contributed by atoms with E-state index in [-0.39, 0.29) is 19.5 Å². The Balaban J connectivity index is 2.84. The second kappa shape index (κ2) is 9.89. The van der Waals surface area contributed by atoms with Gasteiger partial charge in [0.05, 0.1) is 13.5 Å². The molecule has 1 atom stereocenters. The molecule has 0 bridgehead atoms. The lowest BCUT2D eigenvalue weighted by Gasteiger charge is -2.29. The molecular weight excluding hydrogens is 355 g/mol. The average Bonchev–Trinajstić information content (AvgIpc) is 2.55. The Morgan fingerprint density at radius 2 is 1.93 bits per heavy atom. The van der Waals surface area contributed by atoms with Gasteiger partial charge in [0, 0.05) is 12.6 Å². The van der Waals surface area contributed by atoms with Crippen molar-refractivity contribution in [2.24, 2.45) is 0 Å². The third kappa shape index (κ3) is 8.52. The number of esters is 1. The van der Waals surface area contributed by atoms with Crippen LogP contribution in [0.2, 0.25) is 0 Å². The molecule has 2 amide bonds. The van der Waals surface area contributed by atoms with Crippen LogP contribution in [-0.4, -0.2) is 48.2 Å². The van der Waals surface area contributed by atoms with Crippen LogP contribution in [0, 0.1) is 5.82 Å². The van der Waals surface area contributed by atoms with Crippen molar-refractivity contribution in [3.05, 3.63) is 35.6 Å². The van der Waals surface area contributed by atoms with Crippen molar-refractivity contribution in [2.75, 3.05) is 13.7 Å². The number of carbonyl (C=O) groups is 3. The normalized spacial score (nSPS) is 12.1. The number of hydrogen-bond acceptors (Lipinski definition) is 5. The van der Waals surface area contributed by atoms with E-state index in [9.17, 15) is 18.8 Å². The van der Waals surface area contributed by atoms with E-state index < -0.39 is 35.4 Å². The fraction of sp³-hybridized carbons (Fsp3) is 0.526. The number of rotatable bonds is 7. The maximum absolute atomic E-state index is 13.4. The van der Waals surface area contributed by atoms with Crippen molar-refractivity contribution in [3.8, 4) is 0 Å². The number of ether oxygens (including phenoxy) is 2. The van der Waals surface area contributed by atoms with Gasteiger partial charge in [0.2, 0.25) is 5.91 Å². The number of carbonyl (C=O) groups excluding carboxylic acids is 3. The molecule has 8 heteroatoms. The largest absolute Gasteiger partial charge is 0.469 e. The fourth-order valence-electron chi connectivity index (χ4n) is 2.32. The summed E-state index contributed by atoms with van der Waals surface area (Å²) in [6.07, 6.45) is -0.744. The molecule has 0 spiro atoms. The van der Waals surface area contributed by atoms with Gasteiger partial charge in [-0.1, -0.05) is 12.1 Å². The van der Waals surface area contributed by atoms with Crippen molar-refractivity contribution < 1.29 is 28.2 Å². The van der Waals surface area contributed by atoms with E-state index >= 15 is 0 Å². The lowest BCUT2D eigenvalue weighted by molar-refractivity contribution is -0.143. The Morgan fingerprint density at radius 1 is 1.26 bits per heavy atom. The van der Waals surface area contributed by atoms with Gasteiger partial charge in [-0.3, -0.25) is 9.59 Å². The van der Waals surface area contributed by atoms with Gasteiger partial charge in [-0.15, -0.1) is 0 Å². The minimum atomic E-state index is -0.720. The van der Waals surface area contributed by atoms with Crippen LogP contribution in [-0.2, 0) is 25.6 Å². The van der Waals surface area contributed by atoms with Gasteiger partial charge in [-0.25, -0.2) is 9.18 Å². The van der Waals surface area contributed by atoms with Crippen molar-refractivity contribution in [2.45, 2.75) is 52.3 Å². The zero-order valence-corrected chi connectivity index (χ0v) is 16.4. The Kier molecular flexibility index (Phi) is 8.21. The molecule has 0 heterocycles. The van der Waals surface area contributed by atoms with E-state index in [2.05, 4.69) is 10.1 Å². The number of nitrogens with one attached hydrogen (secondary N) is 1. The van der Waals surface area contributed by atoms with Gasteiger partial charge in [-0.05, 0) is 45.4 Å². The summed E-state index contributed by atoms with van der Waals surface area (Å²) in [5.74, 6) is -1.33. The average molecular weight is 382 g/mol. The van der Waals surface area contributed by atoms with Gasteiger partial charge in [0.1, 0.15) is 18.0 Å². The number of hydrogen-bond donors (Lipinski definition) is 1. The summed E-state index contributed by atoms with van der Waals surface area (Å²) in [6.45, 7) is 6.59. The van der Waals surface area contributed by atoms with Gasteiger partial charge in [-0.2, -0.15) is 0 Å². The number of nitrogens with zero attached hydrogens (tertiary/aromatic N) is 1. The first kappa shape index (κ1) is 22.4. The highest BCUT2D eigenvalue weighted by Gasteiger charge is 2.24. The molecule has 0 radical (unpaired) electrons. The van der Waals surface area contributed by atoms with E-state index in [1.165, 1.54) is 30.2 Å². The quantitative estimate of drug-likeness (QED) is 0.733. The summed E-state index contributed by atoms with van der Waals surface area (Å²) >= 11 is 0. The molecule has 27 heavy (non-hydrogen) atoms. The molecule has 7 nitrogen and oxygen atoms in total. The van der Waals surface area contributed by atoms with Crippen LogP contribution in [0.5, 0.6) is 0 Å². The first-order valence-corrected chi connectivity index (χ1v) is 8.59. The number of alkyl carbamates (subject to hydrolysis) is 1. The third-order valence-electron chi connectivity index (χ3n) is 3.57. The first-order chi connectivity index (χ1) is 12.5. The molecule has 1 rings (SSSR count). The van der Waals surface area contributed by atoms with Crippen LogP contribution < -0.4 is 5.32 Å². The molecule has 150 valence electrons. The Hall–Kier alpha value is -2.64. The lowest BCUT2D eigenvalue weighted by Crippen LogP contribution is -2.45. The summed E-state index contributed by atoms with van der Waals surface area (Å²) in [5.41, 5.74) is -0.121. The number of halogens is 1. The minimum Gasteiger partial charge on any atom is -0.469 e. The van der Waals surface area contributed by atoms with E-state index in [4.69, 9.17) is 4.74 Å². The van der Waals surface area contributed by atoms with Gasteiger partial charge in [0.15, 0.2) is 0 Å². The standard InChI is InChI=1S/C19H27FN2O5/c1-13(9-17(24)26-5)22(12-14-7-6-8-15(20)10-14)16(23)11-21-18(25)27-19(2,3)4/h6-8,10,13H,9,11-12H2,1-5H3,(H,21,25)/t13-/m1/s1. The summed E-state index contributed by atoms with van der Waals surface area (Å²) in [4.78, 5) is 37.3. The van der Waals surface area contributed by atoms with E-state index in [0.29, 0.717) is 5.56 Å². The highest BCUT2D eigenvalue weighted by atomic mass is 19.1. The predicted molar refractivity (Wildman–Crippen MR) is 97.3 cm³/mol. The van der Waals surface area contributed by atoms with Crippen LogP contribution in [0.3, 0.4) is 0 Å². The molecule has 0 aliphatic heterocycles. The van der Waals surface area contributed by atoms with Crippen LogP contribution in [0.25, 0.3) is 0 Å². The zero-order chi connectivity index (χ0) is 20.6. The maximum Gasteiger partial charge on any atom is 0.408 e. The van der Waals surface area contributed by atoms with Crippen LogP contribution >= 0.6 is 0 Å². The summed E-state index contributed by atoms with van der Waals surface area (Å²) in [6, 6.07) is 5.32. The van der Waals surface area contributed by atoms with Crippen molar-refractivity contribution >= 4 is 18.0 Å². The number of benzene rings is 1. The molecule has 1 aromatic rings. The molecular formula is C19H27FN2O5. The summed E-state index contributed by atoms with van der Waals surface area (Å²) in [5, 5.41) is 2.40. The molecule has 0 aliphatic carbocycles. The second-order valence-corrected chi connectivity index (χ2v) is 7.14. The fourth-order valence-corrected chi connectivity index (χ4v) is 2.32. The summed E-state index contributed by atoms with van der Waals surface area (Å²) < 4.78 is 23.2. The predicted octanol–water partition coefficient (Wildman–Crippen LogP) is 2.63. The van der Waals surface area contributed by atoms with Gasteiger partial charge in [0.25, 0.3) is 0 Å². The van der Waals surface area contributed by atoms with Crippen LogP contribution in [0.1, 0.15) is 39.7 Å². The highest BCUT2D eigenvalue weighted by Crippen LogP contribution is 2.13. The minimum absolute atomic E-state index is 0.0238. The lowest BCUT2D eigenvalue weighted by atomic mass is 10.1. The van der Waals surface area contributed by atoms with E-state index in [1.807, 2.05) is 0 Å². The molecule has 0 aromatic heterocycles. The Labute approximate surface area is 158 Å². The number of methoxy groups -OCH3 is 1. The zero-order valence-electron chi connectivity index (χ0n) is 16.4. The topological polar surface area (TPSA) is 84.9 Å². The molecule has 0 saturated heterocycles. The van der Waals surface area contributed by atoms with Crippen molar-refractivity contribution in [1.29, 1.82) is 0 Å². The first-order valence-electron chi connectivity index (χ1n) is 8.59. The number of amides is 2. The second-order valence-electron chi connectivity index (χ2n) is 7.14. The van der Waals surface area contributed by atoms with E-state index in [1.54, 1.807) is 33.8 Å². The van der Waals surface area contributed by atoms with Crippen LogP contribution in [0.4, 0.5) is 9.18 Å². The van der Waals surface area contributed by atoms with Gasteiger partial charge >= 0.3 is 12.1 Å². The molecule has 1 N–H and O–H groups in total. The monoisotopic (exact) mass is 382 g/mol. The van der Waals surface area contributed by atoms with Gasteiger partial charge < -0.3 is 19.7 Å². The van der Waals surface area contributed by atoms with E-state index in [0.717, 1.165) is 0 Å². The smallest absolute Gasteiger partial charge is 0.408 e. The molecule has 0 fully saturated rings. The summed E-state index contributed by atoms with van der Waals surface area (Å²) in [7, 11) is 1.26. The Bertz CT molecular complexity index is 672. The van der Waals surface area contributed by atoms with Crippen LogP contribution in [0.15, 0.2) is 24.3 Å². The highest BCUT2D eigenvalue weighted by molar-refractivity contribution is 5.83. The molecule has 0 saturated carbocycles. The maximum atomic E-state index is 13.4.